The van der Waals surface area contributed by atoms with Gasteiger partial charge < -0.3 is 30.5 Å². The molecule has 4 rings (SSSR count). The molecule has 3 heterocycles. The molecule has 28 heavy (non-hydrogen) atoms. The second kappa shape index (κ2) is 7.78. The van der Waals surface area contributed by atoms with E-state index in [2.05, 4.69) is 20.3 Å². The minimum Gasteiger partial charge on any atom is -0.394 e. The van der Waals surface area contributed by atoms with Crippen molar-refractivity contribution in [3.05, 3.63) is 48.5 Å². The van der Waals surface area contributed by atoms with Crippen LogP contribution in [0.25, 0.3) is 11.2 Å². The van der Waals surface area contributed by atoms with Gasteiger partial charge in [0, 0.05) is 6.54 Å². The van der Waals surface area contributed by atoms with E-state index in [1.165, 1.54) is 17.2 Å². The van der Waals surface area contributed by atoms with Crippen molar-refractivity contribution in [3.8, 4) is 0 Å². The SMILES string of the molecule is OCC1OC(n2cnc3c(NCC(O)c4ccccc4)ncnc32)C(O)C1O. The molecule has 1 aliphatic heterocycles. The van der Waals surface area contributed by atoms with Gasteiger partial charge in [0.1, 0.15) is 24.6 Å². The Morgan fingerprint density at radius 1 is 1.11 bits per heavy atom. The first-order chi connectivity index (χ1) is 13.6. The molecule has 5 N–H and O–H groups in total. The Labute approximate surface area is 160 Å². The van der Waals surface area contributed by atoms with E-state index < -0.39 is 37.3 Å². The third-order valence-corrected chi connectivity index (χ3v) is 4.80. The van der Waals surface area contributed by atoms with E-state index in [1.54, 1.807) is 0 Å². The second-order valence-electron chi connectivity index (χ2n) is 6.58. The molecule has 10 nitrogen and oxygen atoms in total. The fraction of sp³-hybridized carbons (Fsp3) is 0.389. The normalized spacial score (nSPS) is 25.9. The molecule has 1 saturated heterocycles. The molecule has 0 bridgehead atoms. The predicted octanol–water partition coefficient (Wildman–Crippen LogP) is -0.417. The minimum atomic E-state index is -1.24. The molecule has 1 fully saturated rings. The molecule has 1 aliphatic rings. The number of benzene rings is 1. The average molecular weight is 387 g/mol. The quantitative estimate of drug-likeness (QED) is 0.381. The van der Waals surface area contributed by atoms with Crippen molar-refractivity contribution in [2.45, 2.75) is 30.6 Å². The third-order valence-electron chi connectivity index (χ3n) is 4.80. The molecular formula is C18H21N5O5. The third kappa shape index (κ3) is 3.32. The fourth-order valence-corrected chi connectivity index (χ4v) is 3.26. The Bertz CT molecular complexity index is 937. The number of anilines is 1. The maximum Gasteiger partial charge on any atom is 0.167 e. The highest BCUT2D eigenvalue weighted by atomic mass is 16.6. The van der Waals surface area contributed by atoms with Crippen LogP contribution in [0.4, 0.5) is 5.82 Å². The first kappa shape index (κ1) is 18.7. The summed E-state index contributed by atoms with van der Waals surface area (Å²) in [5, 5.41) is 42.8. The summed E-state index contributed by atoms with van der Waals surface area (Å²) in [6.45, 7) is -0.197. The Kier molecular flexibility index (Phi) is 5.20. The van der Waals surface area contributed by atoms with Crippen LogP contribution in [0.15, 0.2) is 43.0 Å². The Hall–Kier alpha value is -2.63. The monoisotopic (exact) mass is 387 g/mol. The van der Waals surface area contributed by atoms with Gasteiger partial charge in [-0.05, 0) is 5.56 Å². The number of aliphatic hydroxyl groups excluding tert-OH is 4. The molecule has 1 aromatic carbocycles. The lowest BCUT2D eigenvalue weighted by Gasteiger charge is -2.16. The number of aromatic nitrogens is 4. The molecule has 0 amide bonds. The largest absolute Gasteiger partial charge is 0.394 e. The van der Waals surface area contributed by atoms with Crippen LogP contribution in [0, 0.1) is 0 Å². The highest BCUT2D eigenvalue weighted by Gasteiger charge is 2.44. The number of nitrogens with one attached hydrogen (secondary N) is 1. The van der Waals surface area contributed by atoms with E-state index in [9.17, 15) is 20.4 Å². The van der Waals surface area contributed by atoms with E-state index in [4.69, 9.17) is 4.74 Å². The van der Waals surface area contributed by atoms with Gasteiger partial charge in [-0.3, -0.25) is 4.57 Å². The number of ether oxygens (including phenoxy) is 1. The van der Waals surface area contributed by atoms with Gasteiger partial charge in [0.25, 0.3) is 0 Å². The molecule has 5 atom stereocenters. The lowest BCUT2D eigenvalue weighted by Crippen LogP contribution is -2.33. The molecule has 0 radical (unpaired) electrons. The smallest absolute Gasteiger partial charge is 0.167 e. The van der Waals surface area contributed by atoms with Crippen LogP contribution in [-0.2, 0) is 4.74 Å². The van der Waals surface area contributed by atoms with Crippen LogP contribution in [0.1, 0.15) is 17.9 Å². The van der Waals surface area contributed by atoms with Gasteiger partial charge in [-0.1, -0.05) is 30.3 Å². The van der Waals surface area contributed by atoms with Crippen molar-refractivity contribution < 1.29 is 25.2 Å². The highest BCUT2D eigenvalue weighted by Crippen LogP contribution is 2.32. The molecule has 10 heteroatoms. The van der Waals surface area contributed by atoms with Crippen LogP contribution < -0.4 is 5.32 Å². The van der Waals surface area contributed by atoms with Crippen molar-refractivity contribution in [2.75, 3.05) is 18.5 Å². The van der Waals surface area contributed by atoms with Crippen molar-refractivity contribution in [3.63, 3.8) is 0 Å². The van der Waals surface area contributed by atoms with Crippen molar-refractivity contribution in [1.29, 1.82) is 0 Å². The number of rotatable bonds is 6. The molecular weight excluding hydrogens is 366 g/mol. The molecule has 2 aromatic heterocycles. The summed E-state index contributed by atoms with van der Waals surface area (Å²) in [5.41, 5.74) is 1.60. The maximum absolute atomic E-state index is 10.3. The topological polar surface area (TPSA) is 146 Å². The number of aliphatic hydroxyl groups is 4. The number of hydrogen-bond acceptors (Lipinski definition) is 9. The van der Waals surface area contributed by atoms with E-state index >= 15 is 0 Å². The van der Waals surface area contributed by atoms with E-state index in [1.807, 2.05) is 30.3 Å². The summed E-state index contributed by atoms with van der Waals surface area (Å²) in [6.07, 6.45) is -2.24. The number of nitrogens with zero attached hydrogens (tertiary/aromatic N) is 4. The van der Waals surface area contributed by atoms with E-state index in [-0.39, 0.29) is 6.54 Å². The van der Waals surface area contributed by atoms with Gasteiger partial charge in [0.05, 0.1) is 19.0 Å². The number of imidazole rings is 1. The van der Waals surface area contributed by atoms with Gasteiger partial charge in [0.15, 0.2) is 23.2 Å². The first-order valence-electron chi connectivity index (χ1n) is 8.87. The van der Waals surface area contributed by atoms with Crippen LogP contribution in [0.5, 0.6) is 0 Å². The summed E-state index contributed by atoms with van der Waals surface area (Å²) in [6, 6.07) is 9.24. The van der Waals surface area contributed by atoms with Gasteiger partial charge in [-0.2, -0.15) is 0 Å². The Morgan fingerprint density at radius 3 is 2.61 bits per heavy atom. The Morgan fingerprint density at radius 2 is 1.89 bits per heavy atom. The summed E-state index contributed by atoms with van der Waals surface area (Å²) < 4.78 is 7.02. The standard InChI is InChI=1S/C18H21N5O5/c24-7-12-14(26)15(27)18(28-12)23-9-22-13-16(20-8-21-17(13)23)19-6-11(25)10-4-2-1-3-5-10/h1-5,8-9,11-12,14-15,18,24-27H,6-7H2,(H,19,20,21). The van der Waals surface area contributed by atoms with Crippen LogP contribution in [0.2, 0.25) is 0 Å². The molecule has 0 saturated carbocycles. The number of hydrogen-bond donors (Lipinski definition) is 5. The lowest BCUT2D eigenvalue weighted by molar-refractivity contribution is -0.0511. The van der Waals surface area contributed by atoms with Crippen LogP contribution >= 0.6 is 0 Å². The molecule has 3 aromatic rings. The van der Waals surface area contributed by atoms with Crippen LogP contribution in [0.3, 0.4) is 0 Å². The van der Waals surface area contributed by atoms with Gasteiger partial charge in [0.2, 0.25) is 0 Å². The van der Waals surface area contributed by atoms with Gasteiger partial charge >= 0.3 is 0 Å². The predicted molar refractivity (Wildman–Crippen MR) is 98.2 cm³/mol. The van der Waals surface area contributed by atoms with Crippen molar-refractivity contribution in [2.24, 2.45) is 0 Å². The minimum absolute atomic E-state index is 0.219. The second-order valence-corrected chi connectivity index (χ2v) is 6.58. The number of fused-ring (bicyclic) bond motifs is 1. The molecule has 5 unspecified atom stereocenters. The summed E-state index contributed by atoms with van der Waals surface area (Å²) in [7, 11) is 0. The first-order valence-corrected chi connectivity index (χ1v) is 8.87. The summed E-state index contributed by atoms with van der Waals surface area (Å²) >= 11 is 0. The lowest BCUT2D eigenvalue weighted by atomic mass is 10.1. The highest BCUT2D eigenvalue weighted by molar-refractivity contribution is 5.82. The maximum atomic E-state index is 10.3. The zero-order valence-electron chi connectivity index (χ0n) is 14.8. The van der Waals surface area contributed by atoms with Crippen LogP contribution in [-0.4, -0.2) is 71.4 Å². The zero-order valence-corrected chi connectivity index (χ0v) is 14.8. The average Bonchev–Trinajstić information content (AvgIpc) is 3.28. The zero-order chi connectivity index (χ0) is 19.7. The molecule has 0 spiro atoms. The summed E-state index contributed by atoms with van der Waals surface area (Å²) in [4.78, 5) is 12.7. The van der Waals surface area contributed by atoms with Gasteiger partial charge in [-0.15, -0.1) is 0 Å². The van der Waals surface area contributed by atoms with E-state index in [0.717, 1.165) is 5.56 Å². The van der Waals surface area contributed by atoms with Gasteiger partial charge in [-0.25, -0.2) is 15.0 Å². The van der Waals surface area contributed by atoms with Crippen molar-refractivity contribution >= 4 is 17.0 Å². The van der Waals surface area contributed by atoms with Crippen molar-refractivity contribution in [1.82, 2.24) is 19.5 Å². The molecule has 0 aliphatic carbocycles. The molecule has 148 valence electrons. The summed E-state index contributed by atoms with van der Waals surface area (Å²) in [5.74, 6) is 0.422. The van der Waals surface area contributed by atoms with E-state index in [0.29, 0.717) is 17.0 Å². The Balaban J connectivity index is 1.56. The fourth-order valence-electron chi connectivity index (χ4n) is 3.26.